The van der Waals surface area contributed by atoms with Crippen LogP contribution in [0.1, 0.15) is 0 Å². The van der Waals surface area contributed by atoms with Gasteiger partial charge in [0.15, 0.2) is 0 Å². The molecule has 0 bridgehead atoms. The van der Waals surface area contributed by atoms with Crippen molar-refractivity contribution in [3.63, 3.8) is 0 Å². The van der Waals surface area contributed by atoms with Gasteiger partial charge in [0.25, 0.3) is 0 Å². The quantitative estimate of drug-likeness (QED) is 0.514. The number of nitrogens with zero attached hydrogens (tertiary/aromatic N) is 2. The smallest absolute Gasteiger partial charge is 0.121 e. The van der Waals surface area contributed by atoms with Crippen molar-refractivity contribution in [1.82, 2.24) is 9.38 Å². The van der Waals surface area contributed by atoms with Crippen LogP contribution in [-0.2, 0) is 0 Å². The molecule has 19 heavy (non-hydrogen) atoms. The SMILES string of the molecule is COc1ccc2c(c1)ncc1cc3ccccc3n12. The van der Waals surface area contributed by atoms with Crippen LogP contribution < -0.4 is 4.74 Å². The minimum Gasteiger partial charge on any atom is -0.497 e. The summed E-state index contributed by atoms with van der Waals surface area (Å²) >= 11 is 0. The van der Waals surface area contributed by atoms with Gasteiger partial charge in [-0.1, -0.05) is 18.2 Å². The molecule has 0 aliphatic rings. The Morgan fingerprint density at radius 2 is 1.89 bits per heavy atom. The van der Waals surface area contributed by atoms with E-state index in [1.54, 1.807) is 7.11 Å². The van der Waals surface area contributed by atoms with Crippen molar-refractivity contribution >= 4 is 27.5 Å². The molecule has 0 aliphatic heterocycles. The molecule has 0 saturated heterocycles. The molecule has 0 amide bonds. The number of ether oxygens (including phenoxy) is 1. The van der Waals surface area contributed by atoms with Crippen LogP contribution in [0.4, 0.5) is 0 Å². The van der Waals surface area contributed by atoms with Crippen LogP contribution in [0.3, 0.4) is 0 Å². The number of benzene rings is 2. The minimum atomic E-state index is 0.829. The van der Waals surface area contributed by atoms with Gasteiger partial charge in [-0.3, -0.25) is 4.98 Å². The lowest BCUT2D eigenvalue weighted by molar-refractivity contribution is 0.415. The largest absolute Gasteiger partial charge is 0.497 e. The average molecular weight is 248 g/mol. The van der Waals surface area contributed by atoms with E-state index in [0.29, 0.717) is 0 Å². The zero-order valence-electron chi connectivity index (χ0n) is 10.5. The summed E-state index contributed by atoms with van der Waals surface area (Å²) in [6.07, 6.45) is 1.90. The van der Waals surface area contributed by atoms with Crippen molar-refractivity contribution in [1.29, 1.82) is 0 Å². The summed E-state index contributed by atoms with van der Waals surface area (Å²) in [5.41, 5.74) is 4.35. The normalized spacial score (nSPS) is 11.4. The Labute approximate surface area is 110 Å². The van der Waals surface area contributed by atoms with Crippen molar-refractivity contribution in [2.75, 3.05) is 7.11 Å². The lowest BCUT2D eigenvalue weighted by atomic mass is 10.2. The second-order valence-corrected chi connectivity index (χ2v) is 4.58. The van der Waals surface area contributed by atoms with Gasteiger partial charge in [-0.15, -0.1) is 0 Å². The number of rotatable bonds is 1. The van der Waals surface area contributed by atoms with Crippen LogP contribution in [0.25, 0.3) is 27.5 Å². The van der Waals surface area contributed by atoms with E-state index in [1.165, 1.54) is 10.9 Å². The van der Waals surface area contributed by atoms with Crippen LogP contribution in [-0.4, -0.2) is 16.5 Å². The Balaban J connectivity index is 2.23. The maximum Gasteiger partial charge on any atom is 0.121 e. The van der Waals surface area contributed by atoms with Crippen LogP contribution >= 0.6 is 0 Å². The molecule has 0 radical (unpaired) electrons. The first-order valence-electron chi connectivity index (χ1n) is 6.20. The van der Waals surface area contributed by atoms with Gasteiger partial charge in [0.1, 0.15) is 5.75 Å². The predicted molar refractivity (Wildman–Crippen MR) is 76.8 cm³/mol. The van der Waals surface area contributed by atoms with E-state index < -0.39 is 0 Å². The van der Waals surface area contributed by atoms with Crippen LogP contribution in [0.5, 0.6) is 5.75 Å². The standard InChI is InChI=1S/C16H12N2O/c1-19-13-6-7-16-14(9-13)17-10-12-8-11-4-2-3-5-15(11)18(12)16/h2-10H,1H3. The highest BCUT2D eigenvalue weighted by Crippen LogP contribution is 2.26. The molecule has 0 unspecified atom stereocenters. The van der Waals surface area contributed by atoms with E-state index in [-0.39, 0.29) is 0 Å². The third-order valence-electron chi connectivity index (χ3n) is 3.50. The third kappa shape index (κ3) is 1.41. The molecule has 2 aromatic heterocycles. The van der Waals surface area contributed by atoms with Gasteiger partial charge < -0.3 is 9.14 Å². The molecule has 0 atom stereocenters. The van der Waals surface area contributed by atoms with Gasteiger partial charge in [0.05, 0.1) is 35.4 Å². The zero-order valence-corrected chi connectivity index (χ0v) is 10.5. The molecule has 4 aromatic rings. The summed E-state index contributed by atoms with van der Waals surface area (Å²) in [4.78, 5) is 4.51. The van der Waals surface area contributed by atoms with E-state index in [4.69, 9.17) is 4.74 Å². The molecule has 4 rings (SSSR count). The number of hydrogen-bond donors (Lipinski definition) is 0. The Bertz CT molecular complexity index is 908. The Morgan fingerprint density at radius 3 is 2.79 bits per heavy atom. The third-order valence-corrected chi connectivity index (χ3v) is 3.50. The van der Waals surface area contributed by atoms with Crippen LogP contribution in [0.2, 0.25) is 0 Å². The van der Waals surface area contributed by atoms with E-state index in [2.05, 4.69) is 45.8 Å². The first-order chi connectivity index (χ1) is 9.36. The van der Waals surface area contributed by atoms with Gasteiger partial charge in [-0.2, -0.15) is 0 Å². The molecule has 0 spiro atoms. The predicted octanol–water partition coefficient (Wildman–Crippen LogP) is 3.65. The summed E-state index contributed by atoms with van der Waals surface area (Å²) in [7, 11) is 1.67. The molecule has 0 N–H and O–H groups in total. The fourth-order valence-corrected chi connectivity index (χ4v) is 2.60. The number of fused-ring (bicyclic) bond motifs is 5. The first kappa shape index (κ1) is 10.4. The Kier molecular flexibility index (Phi) is 2.03. The van der Waals surface area contributed by atoms with Gasteiger partial charge in [0, 0.05) is 11.5 Å². The van der Waals surface area contributed by atoms with Crippen molar-refractivity contribution in [2.24, 2.45) is 0 Å². The highest BCUT2D eigenvalue weighted by atomic mass is 16.5. The maximum atomic E-state index is 5.25. The molecule has 3 heteroatoms. The summed E-state index contributed by atoms with van der Waals surface area (Å²) in [5, 5.41) is 1.23. The fourth-order valence-electron chi connectivity index (χ4n) is 2.60. The number of hydrogen-bond acceptors (Lipinski definition) is 2. The molecular formula is C16H12N2O. The minimum absolute atomic E-state index is 0.829. The Morgan fingerprint density at radius 1 is 1.00 bits per heavy atom. The summed E-state index contributed by atoms with van der Waals surface area (Å²) < 4.78 is 7.49. The molecule has 0 fully saturated rings. The Hall–Kier alpha value is -2.55. The molecule has 0 aliphatic carbocycles. The number of methoxy groups -OCH3 is 1. The van der Waals surface area contributed by atoms with Gasteiger partial charge in [0.2, 0.25) is 0 Å². The lowest BCUT2D eigenvalue weighted by Crippen LogP contribution is -1.91. The fraction of sp³-hybridized carbons (Fsp3) is 0.0625. The van der Waals surface area contributed by atoms with E-state index in [0.717, 1.165) is 22.3 Å². The van der Waals surface area contributed by atoms with E-state index >= 15 is 0 Å². The second kappa shape index (κ2) is 3.72. The van der Waals surface area contributed by atoms with E-state index in [9.17, 15) is 0 Å². The van der Waals surface area contributed by atoms with Gasteiger partial charge in [-0.25, -0.2) is 0 Å². The highest BCUT2D eigenvalue weighted by Gasteiger charge is 2.07. The molecule has 0 saturated carbocycles. The lowest BCUT2D eigenvalue weighted by Gasteiger charge is -2.05. The van der Waals surface area contributed by atoms with Crippen molar-refractivity contribution in [2.45, 2.75) is 0 Å². The first-order valence-corrected chi connectivity index (χ1v) is 6.20. The number of para-hydroxylation sites is 1. The summed E-state index contributed by atoms with van der Waals surface area (Å²) in [5.74, 6) is 0.829. The average Bonchev–Trinajstić information content (AvgIpc) is 2.85. The van der Waals surface area contributed by atoms with Gasteiger partial charge in [-0.05, 0) is 24.3 Å². The topological polar surface area (TPSA) is 26.5 Å². The van der Waals surface area contributed by atoms with Crippen molar-refractivity contribution in [3.05, 3.63) is 54.7 Å². The summed E-state index contributed by atoms with van der Waals surface area (Å²) in [6, 6.07) is 16.5. The van der Waals surface area contributed by atoms with E-state index in [1.807, 2.05) is 18.3 Å². The molecule has 2 heterocycles. The van der Waals surface area contributed by atoms with Crippen molar-refractivity contribution < 1.29 is 4.74 Å². The van der Waals surface area contributed by atoms with Crippen molar-refractivity contribution in [3.8, 4) is 5.75 Å². The van der Waals surface area contributed by atoms with Crippen LogP contribution in [0.15, 0.2) is 54.7 Å². The zero-order chi connectivity index (χ0) is 12.8. The highest BCUT2D eigenvalue weighted by molar-refractivity contribution is 5.93. The number of aromatic nitrogens is 2. The maximum absolute atomic E-state index is 5.25. The molecule has 92 valence electrons. The molecule has 3 nitrogen and oxygen atoms in total. The molecule has 2 aromatic carbocycles. The van der Waals surface area contributed by atoms with Crippen LogP contribution in [0, 0.1) is 0 Å². The summed E-state index contributed by atoms with van der Waals surface area (Å²) in [6.45, 7) is 0. The second-order valence-electron chi connectivity index (χ2n) is 4.58. The van der Waals surface area contributed by atoms with Gasteiger partial charge >= 0.3 is 0 Å². The monoisotopic (exact) mass is 248 g/mol. The molecular weight excluding hydrogens is 236 g/mol.